The summed E-state index contributed by atoms with van der Waals surface area (Å²) in [6.07, 6.45) is 8.10. The van der Waals surface area contributed by atoms with Crippen LogP contribution in [-0.4, -0.2) is 18.8 Å². The molecule has 2 heteroatoms. The highest BCUT2D eigenvalue weighted by atomic mass is 16.5. The van der Waals surface area contributed by atoms with Crippen molar-refractivity contribution in [1.29, 1.82) is 0 Å². The van der Waals surface area contributed by atoms with Gasteiger partial charge < -0.3 is 10.5 Å². The SMILES string of the molecule is CCCC1CCC(N)C(CCOC(C)C)C1. The van der Waals surface area contributed by atoms with Crippen LogP contribution in [0.15, 0.2) is 0 Å². The van der Waals surface area contributed by atoms with Crippen LogP contribution in [0.3, 0.4) is 0 Å². The van der Waals surface area contributed by atoms with Gasteiger partial charge in [-0.25, -0.2) is 0 Å². The van der Waals surface area contributed by atoms with Crippen LogP contribution in [0, 0.1) is 11.8 Å². The van der Waals surface area contributed by atoms with E-state index in [2.05, 4.69) is 20.8 Å². The Hall–Kier alpha value is -0.0800. The third-order valence-electron chi connectivity index (χ3n) is 3.79. The molecule has 0 radical (unpaired) electrons. The molecule has 3 atom stereocenters. The van der Waals surface area contributed by atoms with E-state index < -0.39 is 0 Å². The van der Waals surface area contributed by atoms with Crippen molar-refractivity contribution in [3.05, 3.63) is 0 Å². The number of hydrogen-bond donors (Lipinski definition) is 1. The topological polar surface area (TPSA) is 35.2 Å². The van der Waals surface area contributed by atoms with E-state index in [-0.39, 0.29) is 0 Å². The van der Waals surface area contributed by atoms with Gasteiger partial charge in [0.1, 0.15) is 0 Å². The zero-order chi connectivity index (χ0) is 12.0. The molecule has 0 heterocycles. The maximum atomic E-state index is 6.20. The number of hydrogen-bond acceptors (Lipinski definition) is 2. The summed E-state index contributed by atoms with van der Waals surface area (Å²) in [5.74, 6) is 1.62. The molecule has 0 spiro atoms. The van der Waals surface area contributed by atoms with Gasteiger partial charge in [0, 0.05) is 12.6 Å². The molecule has 0 saturated heterocycles. The third kappa shape index (κ3) is 4.84. The van der Waals surface area contributed by atoms with E-state index >= 15 is 0 Å². The largest absolute Gasteiger partial charge is 0.379 e. The zero-order valence-corrected chi connectivity index (χ0v) is 11.2. The maximum absolute atomic E-state index is 6.20. The average molecular weight is 227 g/mol. The Morgan fingerprint density at radius 2 is 2.00 bits per heavy atom. The average Bonchev–Trinajstić information content (AvgIpc) is 2.22. The van der Waals surface area contributed by atoms with Crippen LogP contribution in [0.2, 0.25) is 0 Å². The maximum Gasteiger partial charge on any atom is 0.0518 e. The van der Waals surface area contributed by atoms with Gasteiger partial charge >= 0.3 is 0 Å². The minimum Gasteiger partial charge on any atom is -0.379 e. The molecular weight excluding hydrogens is 198 g/mol. The van der Waals surface area contributed by atoms with Crippen LogP contribution >= 0.6 is 0 Å². The molecule has 0 aliphatic heterocycles. The first-order valence-electron chi connectivity index (χ1n) is 7.00. The normalized spacial score (nSPS) is 30.9. The van der Waals surface area contributed by atoms with Gasteiger partial charge in [-0.05, 0) is 51.4 Å². The highest BCUT2D eigenvalue weighted by Gasteiger charge is 2.27. The third-order valence-corrected chi connectivity index (χ3v) is 3.79. The zero-order valence-electron chi connectivity index (χ0n) is 11.2. The van der Waals surface area contributed by atoms with E-state index in [1.165, 1.54) is 32.1 Å². The van der Waals surface area contributed by atoms with E-state index in [0.29, 0.717) is 18.1 Å². The van der Waals surface area contributed by atoms with Crippen LogP contribution < -0.4 is 5.73 Å². The second kappa shape index (κ2) is 7.29. The predicted octanol–water partition coefficient (Wildman–Crippen LogP) is 3.35. The molecule has 2 N–H and O–H groups in total. The summed E-state index contributed by atoms with van der Waals surface area (Å²) >= 11 is 0. The molecule has 1 aliphatic rings. The Labute approximate surface area is 101 Å². The highest BCUT2D eigenvalue weighted by Crippen LogP contribution is 2.33. The molecular formula is C14H29NO. The van der Waals surface area contributed by atoms with Crippen LogP contribution in [0.1, 0.15) is 59.3 Å². The summed E-state index contributed by atoms with van der Waals surface area (Å²) in [5.41, 5.74) is 6.20. The second-order valence-corrected chi connectivity index (χ2v) is 5.60. The number of ether oxygens (including phenoxy) is 1. The van der Waals surface area contributed by atoms with Crippen molar-refractivity contribution in [2.45, 2.75) is 71.4 Å². The Bertz CT molecular complexity index is 182. The van der Waals surface area contributed by atoms with E-state index in [4.69, 9.17) is 10.5 Å². The molecule has 1 saturated carbocycles. The fourth-order valence-corrected chi connectivity index (χ4v) is 2.84. The fourth-order valence-electron chi connectivity index (χ4n) is 2.84. The van der Waals surface area contributed by atoms with Gasteiger partial charge in [-0.1, -0.05) is 19.8 Å². The Morgan fingerprint density at radius 3 is 2.62 bits per heavy atom. The Kier molecular flexibility index (Phi) is 6.37. The molecule has 0 aromatic rings. The molecule has 1 rings (SSSR count). The first kappa shape index (κ1) is 14.0. The summed E-state index contributed by atoms with van der Waals surface area (Å²) in [4.78, 5) is 0. The van der Waals surface area contributed by atoms with Gasteiger partial charge in [0.15, 0.2) is 0 Å². The van der Waals surface area contributed by atoms with Crippen LogP contribution in [0.4, 0.5) is 0 Å². The van der Waals surface area contributed by atoms with Crippen LogP contribution in [-0.2, 0) is 4.74 Å². The van der Waals surface area contributed by atoms with E-state index in [1.807, 2.05) is 0 Å². The van der Waals surface area contributed by atoms with Gasteiger partial charge in [0.25, 0.3) is 0 Å². The highest BCUT2D eigenvalue weighted by molar-refractivity contribution is 4.82. The lowest BCUT2D eigenvalue weighted by molar-refractivity contribution is 0.0580. The minimum atomic E-state index is 0.353. The molecule has 1 fully saturated rings. The van der Waals surface area contributed by atoms with Gasteiger partial charge in [-0.2, -0.15) is 0 Å². The minimum absolute atomic E-state index is 0.353. The quantitative estimate of drug-likeness (QED) is 0.755. The molecule has 0 amide bonds. The summed E-state index contributed by atoms with van der Waals surface area (Å²) < 4.78 is 5.63. The van der Waals surface area contributed by atoms with Gasteiger partial charge in [0.2, 0.25) is 0 Å². The van der Waals surface area contributed by atoms with E-state index in [0.717, 1.165) is 18.9 Å². The molecule has 1 aliphatic carbocycles. The molecule has 2 nitrogen and oxygen atoms in total. The fraction of sp³-hybridized carbons (Fsp3) is 1.00. The van der Waals surface area contributed by atoms with Gasteiger partial charge in [0.05, 0.1) is 6.10 Å². The van der Waals surface area contributed by atoms with Gasteiger partial charge in [-0.15, -0.1) is 0 Å². The van der Waals surface area contributed by atoms with Crippen molar-refractivity contribution in [3.63, 3.8) is 0 Å². The van der Waals surface area contributed by atoms with E-state index in [9.17, 15) is 0 Å². The van der Waals surface area contributed by atoms with E-state index in [1.54, 1.807) is 0 Å². The lowest BCUT2D eigenvalue weighted by Gasteiger charge is -2.34. The summed E-state index contributed by atoms with van der Waals surface area (Å²) in [7, 11) is 0. The Balaban J connectivity index is 2.26. The number of nitrogens with two attached hydrogens (primary N) is 1. The standard InChI is InChI=1S/C14H29NO/c1-4-5-12-6-7-14(15)13(10-12)8-9-16-11(2)3/h11-14H,4-10,15H2,1-3H3. The molecule has 0 bridgehead atoms. The summed E-state index contributed by atoms with van der Waals surface area (Å²) in [6, 6.07) is 0.420. The lowest BCUT2D eigenvalue weighted by atomic mass is 9.75. The molecule has 3 unspecified atom stereocenters. The molecule has 16 heavy (non-hydrogen) atoms. The second-order valence-electron chi connectivity index (χ2n) is 5.60. The molecule has 0 aromatic heterocycles. The smallest absolute Gasteiger partial charge is 0.0518 e. The first-order chi connectivity index (χ1) is 7.63. The van der Waals surface area contributed by atoms with Crippen molar-refractivity contribution in [2.75, 3.05) is 6.61 Å². The summed E-state index contributed by atoms with van der Waals surface area (Å²) in [6.45, 7) is 7.36. The van der Waals surface area contributed by atoms with Crippen molar-refractivity contribution in [1.82, 2.24) is 0 Å². The molecule has 0 aromatic carbocycles. The monoisotopic (exact) mass is 227 g/mol. The van der Waals surface area contributed by atoms with Gasteiger partial charge in [-0.3, -0.25) is 0 Å². The van der Waals surface area contributed by atoms with Crippen molar-refractivity contribution >= 4 is 0 Å². The van der Waals surface area contributed by atoms with Crippen LogP contribution in [0.5, 0.6) is 0 Å². The summed E-state index contributed by atoms with van der Waals surface area (Å²) in [5, 5.41) is 0. The molecule has 96 valence electrons. The first-order valence-corrected chi connectivity index (χ1v) is 7.00. The van der Waals surface area contributed by atoms with Crippen molar-refractivity contribution < 1.29 is 4.74 Å². The van der Waals surface area contributed by atoms with Crippen molar-refractivity contribution in [3.8, 4) is 0 Å². The predicted molar refractivity (Wildman–Crippen MR) is 69.4 cm³/mol. The van der Waals surface area contributed by atoms with Crippen molar-refractivity contribution in [2.24, 2.45) is 17.6 Å². The lowest BCUT2D eigenvalue weighted by Crippen LogP contribution is -2.36. The number of rotatable bonds is 6. The Morgan fingerprint density at radius 1 is 1.25 bits per heavy atom. The van der Waals surface area contributed by atoms with Crippen LogP contribution in [0.25, 0.3) is 0 Å².